The summed E-state index contributed by atoms with van der Waals surface area (Å²) in [4.78, 5) is 25.0. The quantitative estimate of drug-likeness (QED) is 0.844. The number of aromatic nitrogens is 2. The molecule has 2 aromatic rings. The Kier molecular flexibility index (Phi) is 4.21. The maximum absolute atomic E-state index is 13.9. The molecule has 8 heteroatoms. The molecule has 0 saturated heterocycles. The molecule has 128 valence electrons. The molecule has 1 aliphatic carbocycles. The summed E-state index contributed by atoms with van der Waals surface area (Å²) in [6, 6.07) is 3.52. The van der Waals surface area contributed by atoms with E-state index in [4.69, 9.17) is 0 Å². The molecular weight excluding hydrogens is 320 g/mol. The van der Waals surface area contributed by atoms with Crippen molar-refractivity contribution in [2.45, 2.75) is 26.2 Å². The monoisotopic (exact) mass is 337 g/mol. The first kappa shape index (κ1) is 16.4. The van der Waals surface area contributed by atoms with Crippen molar-refractivity contribution >= 4 is 5.91 Å². The Morgan fingerprint density at radius 2 is 2.21 bits per heavy atom. The van der Waals surface area contributed by atoms with Crippen LogP contribution < -0.4 is 11.1 Å². The predicted octanol–water partition coefficient (Wildman–Crippen LogP) is 2.03. The number of aromatic amines is 1. The molecule has 0 spiro atoms. The number of carbonyl (C=O) groups is 1. The summed E-state index contributed by atoms with van der Waals surface area (Å²) in [6.45, 7) is 2.24. The number of rotatable bonds is 6. The molecule has 0 radical (unpaired) electrons. The number of benzene rings is 1. The lowest BCUT2D eigenvalue weighted by Crippen LogP contribution is -2.39. The molecule has 1 amide bonds. The number of H-pyrrole nitrogens is 1. The molecule has 1 aromatic carbocycles. The lowest BCUT2D eigenvalue weighted by Gasteiger charge is -2.30. The van der Waals surface area contributed by atoms with Gasteiger partial charge >= 0.3 is 5.76 Å². The maximum atomic E-state index is 13.9. The highest BCUT2D eigenvalue weighted by molar-refractivity contribution is 5.90. The van der Waals surface area contributed by atoms with Crippen LogP contribution in [-0.4, -0.2) is 22.6 Å². The SMILES string of the molecule is C[C@@](CNC(=O)c1noc(=O)[nH]1)(Cc1ccc(F)cc1F)C1CC1. The van der Waals surface area contributed by atoms with Crippen molar-refractivity contribution in [3.63, 3.8) is 0 Å². The van der Waals surface area contributed by atoms with E-state index in [0.29, 0.717) is 17.9 Å². The minimum Gasteiger partial charge on any atom is -0.349 e. The van der Waals surface area contributed by atoms with Gasteiger partial charge in [-0.15, -0.1) is 0 Å². The Bertz CT molecular complexity index is 813. The van der Waals surface area contributed by atoms with Crippen LogP contribution in [0.4, 0.5) is 8.78 Å². The molecule has 1 fully saturated rings. The topological polar surface area (TPSA) is 88.0 Å². The zero-order valence-corrected chi connectivity index (χ0v) is 13.1. The van der Waals surface area contributed by atoms with Crippen molar-refractivity contribution in [3.05, 3.63) is 51.8 Å². The molecule has 6 nitrogen and oxygen atoms in total. The third-order valence-corrected chi connectivity index (χ3v) is 4.48. The van der Waals surface area contributed by atoms with Crippen molar-refractivity contribution in [3.8, 4) is 0 Å². The molecule has 0 bridgehead atoms. The molecule has 0 aliphatic heterocycles. The highest BCUT2D eigenvalue weighted by atomic mass is 19.1. The second-order valence-electron chi connectivity index (χ2n) is 6.47. The standard InChI is InChI=1S/C16H17F2N3O3/c1-16(10-3-4-10,7-9-2-5-11(17)6-12(9)18)8-19-14(22)13-20-15(23)24-21-13/h2,5-6,10H,3-4,7-8H2,1H3,(H,19,22)(H,20,21,23)/t16-/m0/s1. The third kappa shape index (κ3) is 3.52. The zero-order valence-electron chi connectivity index (χ0n) is 13.1. The minimum absolute atomic E-state index is 0.203. The summed E-state index contributed by atoms with van der Waals surface area (Å²) in [5, 5.41) is 6.03. The highest BCUT2D eigenvalue weighted by Gasteiger charge is 2.42. The van der Waals surface area contributed by atoms with Gasteiger partial charge in [-0.3, -0.25) is 14.3 Å². The molecule has 1 saturated carbocycles. The summed E-state index contributed by atoms with van der Waals surface area (Å²) >= 11 is 0. The van der Waals surface area contributed by atoms with E-state index < -0.39 is 23.3 Å². The van der Waals surface area contributed by atoms with Crippen LogP contribution in [0.2, 0.25) is 0 Å². The number of hydrogen-bond donors (Lipinski definition) is 2. The second-order valence-corrected chi connectivity index (χ2v) is 6.47. The fourth-order valence-electron chi connectivity index (χ4n) is 2.93. The van der Waals surface area contributed by atoms with Crippen LogP contribution in [-0.2, 0) is 6.42 Å². The maximum Gasteiger partial charge on any atom is 0.439 e. The predicted molar refractivity (Wildman–Crippen MR) is 80.3 cm³/mol. The van der Waals surface area contributed by atoms with Gasteiger partial charge in [0.1, 0.15) is 11.6 Å². The number of halogens is 2. The first-order chi connectivity index (χ1) is 11.4. The van der Waals surface area contributed by atoms with Crippen LogP contribution in [0.5, 0.6) is 0 Å². The first-order valence-electron chi connectivity index (χ1n) is 7.65. The van der Waals surface area contributed by atoms with Crippen molar-refractivity contribution < 1.29 is 18.1 Å². The average molecular weight is 337 g/mol. The number of hydrogen-bond acceptors (Lipinski definition) is 4. The smallest absolute Gasteiger partial charge is 0.349 e. The Labute approximate surface area is 136 Å². The molecule has 3 rings (SSSR count). The summed E-state index contributed by atoms with van der Waals surface area (Å²) in [5.41, 5.74) is 0.0353. The van der Waals surface area contributed by atoms with E-state index in [0.717, 1.165) is 18.9 Å². The van der Waals surface area contributed by atoms with Gasteiger partial charge in [0.25, 0.3) is 5.91 Å². The molecular formula is C16H17F2N3O3. The Balaban J connectivity index is 1.71. The molecule has 2 N–H and O–H groups in total. The number of carbonyl (C=O) groups excluding carboxylic acids is 1. The lowest BCUT2D eigenvalue weighted by atomic mass is 9.78. The molecule has 0 unspecified atom stereocenters. The summed E-state index contributed by atoms with van der Waals surface area (Å²) in [5.74, 6) is -2.43. The van der Waals surface area contributed by atoms with Gasteiger partial charge in [0.05, 0.1) is 0 Å². The lowest BCUT2D eigenvalue weighted by molar-refractivity contribution is 0.0913. The number of nitrogens with one attached hydrogen (secondary N) is 2. The van der Waals surface area contributed by atoms with Crippen LogP contribution >= 0.6 is 0 Å². The summed E-state index contributed by atoms with van der Waals surface area (Å²) in [6.07, 6.45) is 2.37. The van der Waals surface area contributed by atoms with Gasteiger partial charge in [0.2, 0.25) is 5.82 Å². The van der Waals surface area contributed by atoms with Gasteiger partial charge in [-0.25, -0.2) is 13.6 Å². The number of nitrogens with zero attached hydrogens (tertiary/aromatic N) is 1. The van der Waals surface area contributed by atoms with E-state index >= 15 is 0 Å². The molecule has 1 heterocycles. The molecule has 1 atom stereocenters. The second kappa shape index (κ2) is 6.18. The third-order valence-electron chi connectivity index (χ3n) is 4.48. The molecule has 1 aliphatic rings. The van der Waals surface area contributed by atoms with Gasteiger partial charge in [-0.1, -0.05) is 13.0 Å². The first-order valence-corrected chi connectivity index (χ1v) is 7.65. The zero-order chi connectivity index (χ0) is 17.3. The van der Waals surface area contributed by atoms with Gasteiger partial charge < -0.3 is 5.32 Å². The Hall–Kier alpha value is -2.51. The van der Waals surface area contributed by atoms with Crippen molar-refractivity contribution in [2.24, 2.45) is 11.3 Å². The van der Waals surface area contributed by atoms with E-state index in [-0.39, 0.29) is 17.8 Å². The highest BCUT2D eigenvalue weighted by Crippen LogP contribution is 2.47. The average Bonchev–Trinajstić information content (AvgIpc) is 3.30. The van der Waals surface area contributed by atoms with Crippen molar-refractivity contribution in [1.82, 2.24) is 15.5 Å². The van der Waals surface area contributed by atoms with Crippen LogP contribution in [0.15, 0.2) is 27.5 Å². The fraction of sp³-hybridized carbons (Fsp3) is 0.438. The van der Waals surface area contributed by atoms with Crippen LogP contribution in [0, 0.1) is 23.0 Å². The van der Waals surface area contributed by atoms with Crippen molar-refractivity contribution in [2.75, 3.05) is 6.54 Å². The molecule has 24 heavy (non-hydrogen) atoms. The van der Waals surface area contributed by atoms with E-state index in [2.05, 4.69) is 20.0 Å². The number of amides is 1. The van der Waals surface area contributed by atoms with E-state index in [1.165, 1.54) is 12.1 Å². The fourth-order valence-corrected chi connectivity index (χ4v) is 2.93. The van der Waals surface area contributed by atoms with E-state index in [1.807, 2.05) is 6.92 Å². The van der Waals surface area contributed by atoms with Crippen molar-refractivity contribution in [1.29, 1.82) is 0 Å². The van der Waals surface area contributed by atoms with Crippen LogP contribution in [0.25, 0.3) is 0 Å². The van der Waals surface area contributed by atoms with Gasteiger partial charge in [-0.05, 0) is 47.4 Å². The Morgan fingerprint density at radius 1 is 1.46 bits per heavy atom. The molecule has 1 aromatic heterocycles. The summed E-state index contributed by atoms with van der Waals surface area (Å²) in [7, 11) is 0. The van der Waals surface area contributed by atoms with E-state index in [1.54, 1.807) is 0 Å². The van der Waals surface area contributed by atoms with Gasteiger partial charge in [-0.2, -0.15) is 0 Å². The normalized spacial score (nSPS) is 16.6. The van der Waals surface area contributed by atoms with Crippen LogP contribution in [0.3, 0.4) is 0 Å². The van der Waals surface area contributed by atoms with Crippen LogP contribution in [0.1, 0.15) is 35.9 Å². The van der Waals surface area contributed by atoms with E-state index in [9.17, 15) is 18.4 Å². The van der Waals surface area contributed by atoms with Gasteiger partial charge in [0.15, 0.2) is 0 Å². The van der Waals surface area contributed by atoms with Gasteiger partial charge in [0, 0.05) is 12.6 Å². The summed E-state index contributed by atoms with van der Waals surface area (Å²) < 4.78 is 31.3. The minimum atomic E-state index is -0.807. The Morgan fingerprint density at radius 3 is 2.79 bits per heavy atom. The largest absolute Gasteiger partial charge is 0.439 e.